The Labute approximate surface area is 185 Å². The Morgan fingerprint density at radius 3 is 2.59 bits per heavy atom. The van der Waals surface area contributed by atoms with Crippen LogP contribution in [0.4, 0.5) is 5.95 Å². The molecule has 1 fully saturated rings. The van der Waals surface area contributed by atoms with Crippen molar-refractivity contribution < 1.29 is 4.79 Å². The molecule has 162 valence electrons. The average Bonchev–Trinajstić information content (AvgIpc) is 3.25. The van der Waals surface area contributed by atoms with Gasteiger partial charge < -0.3 is 9.80 Å². The number of pyridine rings is 2. The summed E-state index contributed by atoms with van der Waals surface area (Å²) in [6, 6.07) is 5.64. The number of carbonyl (C=O) groups excluding carboxylic acids is 1. The molecule has 5 heterocycles. The van der Waals surface area contributed by atoms with Crippen LogP contribution in [-0.2, 0) is 13.5 Å². The van der Waals surface area contributed by atoms with E-state index in [-0.39, 0.29) is 12.2 Å². The van der Waals surface area contributed by atoms with Gasteiger partial charge in [0.1, 0.15) is 5.69 Å². The molecule has 5 rings (SSSR count). The van der Waals surface area contributed by atoms with Gasteiger partial charge in [-0.1, -0.05) is 0 Å². The molecule has 0 aromatic carbocycles. The topological polar surface area (TPSA) is 92.9 Å². The van der Waals surface area contributed by atoms with Gasteiger partial charge in [0.25, 0.3) is 0 Å². The first kappa shape index (κ1) is 20.2. The molecule has 1 saturated heterocycles. The number of aromatic nitrogens is 6. The predicted octanol–water partition coefficient (Wildman–Crippen LogP) is 2.00. The quantitative estimate of drug-likeness (QED) is 0.446. The second-order valence-electron chi connectivity index (χ2n) is 8.13. The molecule has 0 amide bonds. The smallest absolute Gasteiger partial charge is 0.226 e. The van der Waals surface area contributed by atoms with Gasteiger partial charge in [0.05, 0.1) is 24.3 Å². The van der Waals surface area contributed by atoms with E-state index in [2.05, 4.69) is 41.9 Å². The van der Waals surface area contributed by atoms with Crippen molar-refractivity contribution in [3.8, 4) is 11.1 Å². The van der Waals surface area contributed by atoms with E-state index in [1.54, 1.807) is 23.1 Å². The van der Waals surface area contributed by atoms with Gasteiger partial charge in [0.2, 0.25) is 5.95 Å². The van der Waals surface area contributed by atoms with Crippen LogP contribution in [0, 0.1) is 0 Å². The predicted molar refractivity (Wildman–Crippen MR) is 122 cm³/mol. The lowest BCUT2D eigenvalue weighted by atomic mass is 10.1. The fourth-order valence-corrected chi connectivity index (χ4v) is 3.82. The van der Waals surface area contributed by atoms with Crippen molar-refractivity contribution in [3.63, 3.8) is 0 Å². The molecule has 9 nitrogen and oxygen atoms in total. The highest BCUT2D eigenvalue weighted by Gasteiger charge is 2.18. The minimum atomic E-state index is -0.0778. The molecule has 4 aromatic rings. The molecular weight excluding hydrogens is 404 g/mol. The van der Waals surface area contributed by atoms with Crippen molar-refractivity contribution in [2.45, 2.75) is 6.42 Å². The van der Waals surface area contributed by atoms with Crippen LogP contribution in [0.2, 0.25) is 0 Å². The summed E-state index contributed by atoms with van der Waals surface area (Å²) < 4.78 is 1.76. The first-order chi connectivity index (χ1) is 15.5. The van der Waals surface area contributed by atoms with E-state index < -0.39 is 0 Å². The van der Waals surface area contributed by atoms with E-state index in [9.17, 15) is 4.79 Å². The third kappa shape index (κ3) is 4.19. The number of aryl methyl sites for hydroxylation is 1. The van der Waals surface area contributed by atoms with Gasteiger partial charge >= 0.3 is 0 Å². The lowest BCUT2D eigenvalue weighted by molar-refractivity contribution is 0.0987. The number of nitrogens with zero attached hydrogens (tertiary/aromatic N) is 8. The molecular formula is C23H24N8O. The standard InChI is InChI=1S/C23H24N8O/c1-29-5-7-31(8-6-29)23-24-4-3-20(28-23)22(32)11-19-10-16-9-17(12-26-21(16)14-25-19)18-13-27-30(2)15-18/h3-4,9-10,12-15H,5-8,11H2,1-2H3. The van der Waals surface area contributed by atoms with E-state index in [4.69, 9.17) is 0 Å². The number of likely N-dealkylation sites (N-methyl/N-ethyl adjacent to an activating group) is 1. The van der Waals surface area contributed by atoms with Crippen LogP contribution in [0.5, 0.6) is 0 Å². The van der Waals surface area contributed by atoms with Crippen molar-refractivity contribution in [1.29, 1.82) is 0 Å². The molecule has 4 aromatic heterocycles. The molecule has 0 N–H and O–H groups in total. The number of fused-ring (bicyclic) bond motifs is 1. The minimum absolute atomic E-state index is 0.0778. The Kier molecular flexibility index (Phi) is 5.32. The number of hydrogen-bond donors (Lipinski definition) is 0. The monoisotopic (exact) mass is 428 g/mol. The van der Waals surface area contributed by atoms with Gasteiger partial charge in [0, 0.05) is 74.0 Å². The summed E-state index contributed by atoms with van der Waals surface area (Å²) in [6.45, 7) is 3.62. The molecule has 0 unspecified atom stereocenters. The summed E-state index contributed by atoms with van der Waals surface area (Å²) in [5.74, 6) is 0.534. The number of hydrogen-bond acceptors (Lipinski definition) is 8. The summed E-state index contributed by atoms with van der Waals surface area (Å²) in [7, 11) is 3.98. The average molecular weight is 429 g/mol. The zero-order chi connectivity index (χ0) is 22.1. The Morgan fingerprint density at radius 2 is 1.81 bits per heavy atom. The molecule has 0 spiro atoms. The molecule has 1 aliphatic rings. The fraction of sp³-hybridized carbons (Fsp3) is 0.304. The Hall–Kier alpha value is -3.72. The number of carbonyl (C=O) groups is 1. The van der Waals surface area contributed by atoms with Gasteiger partial charge in [0.15, 0.2) is 5.78 Å². The van der Waals surface area contributed by atoms with E-state index in [0.29, 0.717) is 17.3 Å². The number of piperazine rings is 1. The normalized spacial score (nSPS) is 14.8. The first-order valence-corrected chi connectivity index (χ1v) is 10.6. The minimum Gasteiger partial charge on any atom is -0.338 e. The fourth-order valence-electron chi connectivity index (χ4n) is 3.82. The SMILES string of the molecule is CN1CCN(c2nccc(C(=O)Cc3cc4cc(-c5cnn(C)c5)cnc4cn3)n2)CC1. The first-order valence-electron chi connectivity index (χ1n) is 10.6. The molecule has 1 aliphatic heterocycles. The summed E-state index contributed by atoms with van der Waals surface area (Å²) in [5, 5.41) is 5.16. The Bertz CT molecular complexity index is 1280. The number of Topliss-reactive ketones (excluding diaryl/α,β-unsaturated/α-hetero) is 1. The van der Waals surface area contributed by atoms with E-state index in [0.717, 1.165) is 48.2 Å². The van der Waals surface area contributed by atoms with Crippen molar-refractivity contribution in [3.05, 3.63) is 60.6 Å². The second-order valence-corrected chi connectivity index (χ2v) is 8.13. The van der Waals surface area contributed by atoms with E-state index in [1.165, 1.54) is 0 Å². The van der Waals surface area contributed by atoms with Crippen LogP contribution in [0.3, 0.4) is 0 Å². The molecule has 9 heteroatoms. The van der Waals surface area contributed by atoms with E-state index >= 15 is 0 Å². The molecule has 32 heavy (non-hydrogen) atoms. The molecule has 0 atom stereocenters. The van der Waals surface area contributed by atoms with Gasteiger partial charge in [-0.05, 0) is 25.2 Å². The zero-order valence-corrected chi connectivity index (χ0v) is 18.1. The van der Waals surface area contributed by atoms with Crippen LogP contribution in [-0.4, -0.2) is 73.6 Å². The van der Waals surface area contributed by atoms with Crippen LogP contribution in [0.25, 0.3) is 22.0 Å². The molecule has 0 aliphatic carbocycles. The van der Waals surface area contributed by atoms with Crippen molar-refractivity contribution >= 4 is 22.6 Å². The molecule has 0 radical (unpaired) electrons. The highest BCUT2D eigenvalue weighted by atomic mass is 16.1. The highest BCUT2D eigenvalue weighted by Crippen LogP contribution is 2.22. The van der Waals surface area contributed by atoms with Crippen molar-refractivity contribution in [2.75, 3.05) is 38.1 Å². The van der Waals surface area contributed by atoms with Gasteiger partial charge in [-0.25, -0.2) is 9.97 Å². The summed E-state index contributed by atoms with van der Waals surface area (Å²) in [4.78, 5) is 35.2. The van der Waals surface area contributed by atoms with Crippen molar-refractivity contribution in [2.24, 2.45) is 7.05 Å². The number of ketones is 1. The highest BCUT2D eigenvalue weighted by molar-refractivity contribution is 5.96. The van der Waals surface area contributed by atoms with Gasteiger partial charge in [-0.2, -0.15) is 5.10 Å². The Morgan fingerprint density at radius 1 is 0.969 bits per heavy atom. The maximum Gasteiger partial charge on any atom is 0.226 e. The maximum absolute atomic E-state index is 12.9. The van der Waals surface area contributed by atoms with E-state index in [1.807, 2.05) is 37.8 Å². The second kappa shape index (κ2) is 8.43. The Balaban J connectivity index is 1.36. The van der Waals surface area contributed by atoms with Crippen LogP contribution in [0.1, 0.15) is 16.2 Å². The number of rotatable bonds is 5. The summed E-state index contributed by atoms with van der Waals surface area (Å²) in [5.41, 5.74) is 3.86. The van der Waals surface area contributed by atoms with Gasteiger partial charge in [-0.3, -0.25) is 19.4 Å². The lowest BCUT2D eigenvalue weighted by Gasteiger charge is -2.32. The van der Waals surface area contributed by atoms with Crippen LogP contribution < -0.4 is 4.90 Å². The molecule has 0 saturated carbocycles. The third-order valence-electron chi connectivity index (χ3n) is 5.72. The van der Waals surface area contributed by atoms with Crippen molar-refractivity contribution in [1.82, 2.24) is 34.6 Å². The van der Waals surface area contributed by atoms with Crippen LogP contribution in [0.15, 0.2) is 49.2 Å². The number of anilines is 1. The largest absolute Gasteiger partial charge is 0.338 e. The maximum atomic E-state index is 12.9. The van der Waals surface area contributed by atoms with Crippen LogP contribution >= 0.6 is 0 Å². The van der Waals surface area contributed by atoms with Gasteiger partial charge in [-0.15, -0.1) is 0 Å². The summed E-state index contributed by atoms with van der Waals surface area (Å²) in [6.07, 6.45) is 9.11. The third-order valence-corrected chi connectivity index (χ3v) is 5.72. The zero-order valence-electron chi connectivity index (χ0n) is 18.1. The summed E-state index contributed by atoms with van der Waals surface area (Å²) >= 11 is 0. The lowest BCUT2D eigenvalue weighted by Crippen LogP contribution is -2.45. The molecule has 0 bridgehead atoms.